The van der Waals surface area contributed by atoms with Gasteiger partial charge < -0.3 is 10.2 Å². The largest absolute Gasteiger partial charge is 0.337 e. The van der Waals surface area contributed by atoms with E-state index < -0.39 is 9.84 Å². The number of nitrogens with zero attached hydrogens (tertiary/aromatic N) is 3. The van der Waals surface area contributed by atoms with E-state index in [4.69, 9.17) is 0 Å². The van der Waals surface area contributed by atoms with Gasteiger partial charge in [-0.2, -0.15) is 5.10 Å². The molecule has 4 rings (SSSR count). The number of aromatic nitrogens is 2. The van der Waals surface area contributed by atoms with Crippen LogP contribution in [-0.2, 0) is 19.4 Å². The lowest BCUT2D eigenvalue weighted by Gasteiger charge is -2.37. The molecule has 0 aromatic carbocycles. The average Bonchev–Trinajstić information content (AvgIpc) is 3.22. The van der Waals surface area contributed by atoms with Gasteiger partial charge in [0.25, 0.3) is 0 Å². The minimum absolute atomic E-state index is 0.0622. The molecule has 2 saturated heterocycles. The molecule has 1 aromatic rings. The van der Waals surface area contributed by atoms with E-state index in [1.54, 1.807) is 9.58 Å². The molecular formula is C17H22N4O4S. The molecule has 1 N–H and O–H groups in total. The summed E-state index contributed by atoms with van der Waals surface area (Å²) in [6.07, 6.45) is 3.91. The lowest BCUT2D eigenvalue weighted by Crippen LogP contribution is -2.54. The summed E-state index contributed by atoms with van der Waals surface area (Å²) in [4.78, 5) is 25.6. The SMILES string of the molecule is C=CC(=O)N1CC(C(=O)Nc2cc(C3CC3)nn2C2CCS(=O)(=O)C2)C1. The summed E-state index contributed by atoms with van der Waals surface area (Å²) < 4.78 is 25.3. The van der Waals surface area contributed by atoms with Crippen molar-refractivity contribution in [3.05, 3.63) is 24.4 Å². The van der Waals surface area contributed by atoms with Crippen LogP contribution in [0.3, 0.4) is 0 Å². The second-order valence-electron chi connectivity index (χ2n) is 7.36. The number of nitrogens with one attached hydrogen (secondary N) is 1. The Kier molecular flexibility index (Phi) is 4.13. The number of rotatable bonds is 5. The highest BCUT2D eigenvalue weighted by atomic mass is 32.2. The van der Waals surface area contributed by atoms with Crippen LogP contribution < -0.4 is 5.32 Å². The smallest absolute Gasteiger partial charge is 0.246 e. The quantitative estimate of drug-likeness (QED) is 0.760. The summed E-state index contributed by atoms with van der Waals surface area (Å²) >= 11 is 0. The summed E-state index contributed by atoms with van der Waals surface area (Å²) in [5.41, 5.74) is 0.918. The van der Waals surface area contributed by atoms with Crippen LogP contribution in [0, 0.1) is 5.92 Å². The van der Waals surface area contributed by atoms with Gasteiger partial charge in [-0.25, -0.2) is 13.1 Å². The standard InChI is InChI=1S/C17H22N4O4S/c1-2-16(22)20-8-12(9-20)17(23)18-15-7-14(11-3-4-11)19-21(15)13-5-6-26(24,25)10-13/h2,7,11-13H,1,3-6,8-10H2,(H,18,23). The van der Waals surface area contributed by atoms with Crippen LogP contribution in [0.4, 0.5) is 5.82 Å². The van der Waals surface area contributed by atoms with Crippen LogP contribution >= 0.6 is 0 Å². The molecule has 0 radical (unpaired) electrons. The molecule has 1 unspecified atom stereocenters. The third kappa shape index (κ3) is 3.27. The normalized spacial score (nSPS) is 24.9. The third-order valence-electron chi connectivity index (χ3n) is 5.29. The molecule has 0 bridgehead atoms. The van der Waals surface area contributed by atoms with Crippen LogP contribution in [0.2, 0.25) is 0 Å². The molecule has 2 aliphatic heterocycles. The van der Waals surface area contributed by atoms with Gasteiger partial charge >= 0.3 is 0 Å². The number of carbonyl (C=O) groups excluding carboxylic acids is 2. The summed E-state index contributed by atoms with van der Waals surface area (Å²) in [6.45, 7) is 4.19. The van der Waals surface area contributed by atoms with Crippen LogP contribution in [0.25, 0.3) is 0 Å². The lowest BCUT2D eigenvalue weighted by atomic mass is 9.99. The van der Waals surface area contributed by atoms with Crippen molar-refractivity contribution in [2.24, 2.45) is 5.92 Å². The first-order valence-electron chi connectivity index (χ1n) is 8.88. The van der Waals surface area contributed by atoms with Crippen molar-refractivity contribution in [1.29, 1.82) is 0 Å². The number of amides is 2. The van der Waals surface area contributed by atoms with E-state index in [2.05, 4.69) is 17.0 Å². The first kappa shape index (κ1) is 17.3. The maximum Gasteiger partial charge on any atom is 0.246 e. The zero-order valence-electron chi connectivity index (χ0n) is 14.4. The van der Waals surface area contributed by atoms with Gasteiger partial charge in [-0.15, -0.1) is 0 Å². The molecule has 26 heavy (non-hydrogen) atoms. The zero-order chi connectivity index (χ0) is 18.5. The zero-order valence-corrected chi connectivity index (χ0v) is 15.2. The van der Waals surface area contributed by atoms with E-state index >= 15 is 0 Å². The Morgan fingerprint density at radius 2 is 2.00 bits per heavy atom. The fraction of sp³-hybridized carbons (Fsp3) is 0.588. The number of hydrogen-bond donors (Lipinski definition) is 1. The van der Waals surface area contributed by atoms with Gasteiger partial charge in [0.1, 0.15) is 5.82 Å². The molecule has 9 heteroatoms. The van der Waals surface area contributed by atoms with Crippen molar-refractivity contribution in [3.8, 4) is 0 Å². The van der Waals surface area contributed by atoms with Crippen LogP contribution in [0.15, 0.2) is 18.7 Å². The summed E-state index contributed by atoms with van der Waals surface area (Å²) in [5, 5.41) is 7.49. The lowest BCUT2D eigenvalue weighted by molar-refractivity contribution is -0.137. The molecule has 1 aliphatic carbocycles. The fourth-order valence-corrected chi connectivity index (χ4v) is 5.21. The van der Waals surface area contributed by atoms with Crippen molar-refractivity contribution in [3.63, 3.8) is 0 Å². The second-order valence-corrected chi connectivity index (χ2v) is 9.59. The Morgan fingerprint density at radius 1 is 1.27 bits per heavy atom. The van der Waals surface area contributed by atoms with Crippen LogP contribution in [0.5, 0.6) is 0 Å². The van der Waals surface area contributed by atoms with Crippen molar-refractivity contribution < 1.29 is 18.0 Å². The molecule has 140 valence electrons. The summed E-state index contributed by atoms with van der Waals surface area (Å²) in [6, 6.07) is 1.63. The highest BCUT2D eigenvalue weighted by molar-refractivity contribution is 7.91. The van der Waals surface area contributed by atoms with Gasteiger partial charge in [-0.3, -0.25) is 9.59 Å². The third-order valence-corrected chi connectivity index (χ3v) is 7.04. The topological polar surface area (TPSA) is 101 Å². The Hall–Kier alpha value is -2.16. The highest BCUT2D eigenvalue weighted by Gasteiger charge is 2.37. The van der Waals surface area contributed by atoms with E-state index in [0.717, 1.165) is 18.5 Å². The Labute approximate surface area is 152 Å². The molecule has 8 nitrogen and oxygen atoms in total. The number of likely N-dealkylation sites (tertiary alicyclic amines) is 1. The van der Waals surface area contributed by atoms with E-state index in [1.807, 2.05) is 6.07 Å². The van der Waals surface area contributed by atoms with Gasteiger partial charge in [-0.1, -0.05) is 6.58 Å². The van der Waals surface area contributed by atoms with Crippen molar-refractivity contribution in [2.75, 3.05) is 29.9 Å². The monoisotopic (exact) mass is 378 g/mol. The van der Waals surface area contributed by atoms with Crippen molar-refractivity contribution in [2.45, 2.75) is 31.2 Å². The minimum Gasteiger partial charge on any atom is -0.337 e. The highest BCUT2D eigenvalue weighted by Crippen LogP contribution is 2.41. The van der Waals surface area contributed by atoms with Crippen molar-refractivity contribution in [1.82, 2.24) is 14.7 Å². The van der Waals surface area contributed by atoms with Gasteiger partial charge in [0.05, 0.1) is 29.2 Å². The summed E-state index contributed by atoms with van der Waals surface area (Å²) in [7, 11) is -3.04. The average molecular weight is 378 g/mol. The molecule has 1 atom stereocenters. The molecule has 0 spiro atoms. The van der Waals surface area contributed by atoms with Gasteiger partial charge in [0.2, 0.25) is 11.8 Å². The first-order chi connectivity index (χ1) is 12.4. The predicted octanol–water partition coefficient (Wildman–Crippen LogP) is 0.703. The number of carbonyl (C=O) groups is 2. The van der Waals surface area contributed by atoms with Gasteiger partial charge in [-0.05, 0) is 25.3 Å². The molecule has 3 fully saturated rings. The maximum atomic E-state index is 12.5. The fourth-order valence-electron chi connectivity index (χ4n) is 3.51. The van der Waals surface area contributed by atoms with E-state index in [-0.39, 0.29) is 35.3 Å². The van der Waals surface area contributed by atoms with E-state index in [9.17, 15) is 18.0 Å². The Bertz CT molecular complexity index is 865. The summed E-state index contributed by atoms with van der Waals surface area (Å²) in [5.74, 6) is 0.590. The molecule has 3 heterocycles. The number of anilines is 1. The molecule has 3 aliphatic rings. The number of sulfone groups is 1. The predicted molar refractivity (Wildman–Crippen MR) is 95.4 cm³/mol. The van der Waals surface area contributed by atoms with Gasteiger partial charge in [0.15, 0.2) is 9.84 Å². The Balaban J connectivity index is 1.48. The molecular weight excluding hydrogens is 356 g/mol. The molecule has 2 amide bonds. The molecule has 1 aromatic heterocycles. The Morgan fingerprint density at radius 3 is 2.58 bits per heavy atom. The second kappa shape index (κ2) is 6.22. The van der Waals surface area contributed by atoms with E-state index in [0.29, 0.717) is 31.2 Å². The first-order valence-corrected chi connectivity index (χ1v) is 10.7. The van der Waals surface area contributed by atoms with Crippen LogP contribution in [-0.4, -0.2) is 59.5 Å². The van der Waals surface area contributed by atoms with Crippen LogP contribution in [0.1, 0.15) is 36.9 Å². The van der Waals surface area contributed by atoms with Gasteiger partial charge in [0, 0.05) is 25.1 Å². The van der Waals surface area contributed by atoms with Crippen molar-refractivity contribution >= 4 is 27.5 Å². The maximum absolute atomic E-state index is 12.5. The minimum atomic E-state index is -3.04. The van der Waals surface area contributed by atoms with E-state index in [1.165, 1.54) is 6.08 Å². The number of hydrogen-bond acceptors (Lipinski definition) is 5. The molecule has 1 saturated carbocycles.